The standard InChI is InChI=1S/C12H15BrF3NO/c1-6(2)3-10(17)8-4-7(13)5-9(11(8)18)12(14,15)16/h4-6,10,18H,3,17H2,1-2H3/t10-/m0/s1. The Balaban J connectivity index is 3.25. The van der Waals surface area contributed by atoms with E-state index in [1.807, 2.05) is 13.8 Å². The summed E-state index contributed by atoms with van der Waals surface area (Å²) < 4.78 is 38.4. The third kappa shape index (κ3) is 3.62. The highest BCUT2D eigenvalue weighted by Gasteiger charge is 2.35. The highest BCUT2D eigenvalue weighted by molar-refractivity contribution is 9.10. The fourth-order valence-electron chi connectivity index (χ4n) is 1.75. The first-order valence-corrected chi connectivity index (χ1v) is 6.27. The van der Waals surface area contributed by atoms with E-state index in [0.29, 0.717) is 6.42 Å². The molecule has 0 aliphatic carbocycles. The summed E-state index contributed by atoms with van der Waals surface area (Å²) in [4.78, 5) is 0. The zero-order chi connectivity index (χ0) is 14.1. The van der Waals surface area contributed by atoms with Crippen molar-refractivity contribution in [3.63, 3.8) is 0 Å². The van der Waals surface area contributed by atoms with Gasteiger partial charge in [0.25, 0.3) is 0 Å². The molecule has 2 nitrogen and oxygen atoms in total. The van der Waals surface area contributed by atoms with Crippen LogP contribution in [0.15, 0.2) is 16.6 Å². The summed E-state index contributed by atoms with van der Waals surface area (Å²) in [7, 11) is 0. The molecule has 3 N–H and O–H groups in total. The van der Waals surface area contributed by atoms with Gasteiger partial charge in [0.15, 0.2) is 0 Å². The molecule has 0 saturated heterocycles. The Morgan fingerprint density at radius 1 is 1.33 bits per heavy atom. The van der Waals surface area contributed by atoms with Crippen molar-refractivity contribution in [3.8, 4) is 5.75 Å². The Bertz CT molecular complexity index is 432. The number of halogens is 4. The third-order valence-electron chi connectivity index (χ3n) is 2.53. The van der Waals surface area contributed by atoms with Crippen LogP contribution in [-0.2, 0) is 6.18 Å². The lowest BCUT2D eigenvalue weighted by atomic mass is 9.95. The number of nitrogens with two attached hydrogens (primary N) is 1. The summed E-state index contributed by atoms with van der Waals surface area (Å²) in [6.07, 6.45) is -4.10. The van der Waals surface area contributed by atoms with Crippen molar-refractivity contribution in [3.05, 3.63) is 27.7 Å². The molecule has 0 aromatic heterocycles. The predicted molar refractivity (Wildman–Crippen MR) is 67.2 cm³/mol. The zero-order valence-corrected chi connectivity index (χ0v) is 11.6. The maximum absolute atomic E-state index is 12.7. The minimum absolute atomic E-state index is 0.116. The first kappa shape index (κ1) is 15.3. The molecule has 0 fully saturated rings. The van der Waals surface area contributed by atoms with E-state index in [-0.39, 0.29) is 16.0 Å². The van der Waals surface area contributed by atoms with E-state index < -0.39 is 23.5 Å². The van der Waals surface area contributed by atoms with Gasteiger partial charge in [-0.3, -0.25) is 0 Å². The summed E-state index contributed by atoms with van der Waals surface area (Å²) in [6, 6.07) is 1.65. The fourth-order valence-corrected chi connectivity index (χ4v) is 2.23. The Morgan fingerprint density at radius 2 is 1.89 bits per heavy atom. The monoisotopic (exact) mass is 325 g/mol. The number of hydrogen-bond donors (Lipinski definition) is 2. The molecule has 102 valence electrons. The number of rotatable bonds is 3. The third-order valence-corrected chi connectivity index (χ3v) is 2.99. The van der Waals surface area contributed by atoms with Gasteiger partial charge in [-0.1, -0.05) is 29.8 Å². The number of alkyl halides is 3. The highest BCUT2D eigenvalue weighted by atomic mass is 79.9. The topological polar surface area (TPSA) is 46.2 Å². The highest BCUT2D eigenvalue weighted by Crippen LogP contribution is 2.41. The van der Waals surface area contributed by atoms with Crippen molar-refractivity contribution in [2.75, 3.05) is 0 Å². The molecule has 1 rings (SSSR count). The molecule has 6 heteroatoms. The van der Waals surface area contributed by atoms with Crippen LogP contribution in [-0.4, -0.2) is 5.11 Å². The lowest BCUT2D eigenvalue weighted by Gasteiger charge is -2.19. The average molecular weight is 326 g/mol. The Hall–Kier alpha value is -0.750. The predicted octanol–water partition coefficient (Wildman–Crippen LogP) is 4.22. The van der Waals surface area contributed by atoms with Crippen LogP contribution in [0.25, 0.3) is 0 Å². The normalized spacial score (nSPS) is 14.0. The lowest BCUT2D eigenvalue weighted by molar-refractivity contribution is -0.138. The molecule has 0 saturated carbocycles. The van der Waals surface area contributed by atoms with Crippen molar-refractivity contribution in [2.45, 2.75) is 32.5 Å². The van der Waals surface area contributed by atoms with Crippen LogP contribution in [0.5, 0.6) is 5.75 Å². The van der Waals surface area contributed by atoms with Gasteiger partial charge >= 0.3 is 6.18 Å². The van der Waals surface area contributed by atoms with E-state index in [1.54, 1.807) is 0 Å². The minimum atomic E-state index is -4.60. The number of phenols is 1. The van der Waals surface area contributed by atoms with E-state index in [2.05, 4.69) is 15.9 Å². The number of phenolic OH excluding ortho intramolecular Hbond substituents is 1. The van der Waals surface area contributed by atoms with Gasteiger partial charge in [0.05, 0.1) is 5.56 Å². The maximum Gasteiger partial charge on any atom is 0.420 e. The van der Waals surface area contributed by atoms with Crippen molar-refractivity contribution >= 4 is 15.9 Å². The second-order valence-corrected chi connectivity index (χ2v) is 5.54. The van der Waals surface area contributed by atoms with E-state index in [4.69, 9.17) is 5.73 Å². The summed E-state index contributed by atoms with van der Waals surface area (Å²) >= 11 is 3.01. The second-order valence-electron chi connectivity index (χ2n) is 4.62. The molecular weight excluding hydrogens is 311 g/mol. The summed E-state index contributed by atoms with van der Waals surface area (Å²) in [6.45, 7) is 3.83. The summed E-state index contributed by atoms with van der Waals surface area (Å²) in [5.41, 5.74) is 4.88. The van der Waals surface area contributed by atoms with E-state index >= 15 is 0 Å². The van der Waals surface area contributed by atoms with Crippen molar-refractivity contribution in [1.82, 2.24) is 0 Å². The molecule has 1 atom stereocenters. The molecule has 0 spiro atoms. The van der Waals surface area contributed by atoms with E-state index in [9.17, 15) is 18.3 Å². The molecule has 18 heavy (non-hydrogen) atoms. The molecule has 0 unspecified atom stereocenters. The Morgan fingerprint density at radius 3 is 2.33 bits per heavy atom. The van der Waals surface area contributed by atoms with Gasteiger partial charge in [0, 0.05) is 16.1 Å². The largest absolute Gasteiger partial charge is 0.507 e. The molecule has 0 radical (unpaired) electrons. The van der Waals surface area contributed by atoms with Crippen LogP contribution in [0.2, 0.25) is 0 Å². The lowest BCUT2D eigenvalue weighted by Crippen LogP contribution is -2.15. The number of benzene rings is 1. The van der Waals surface area contributed by atoms with Crippen molar-refractivity contribution < 1.29 is 18.3 Å². The van der Waals surface area contributed by atoms with Crippen LogP contribution in [0.4, 0.5) is 13.2 Å². The van der Waals surface area contributed by atoms with Crippen LogP contribution < -0.4 is 5.73 Å². The van der Waals surface area contributed by atoms with Gasteiger partial charge in [-0.25, -0.2) is 0 Å². The van der Waals surface area contributed by atoms with Crippen molar-refractivity contribution in [1.29, 1.82) is 0 Å². The quantitative estimate of drug-likeness (QED) is 0.874. The van der Waals surface area contributed by atoms with Gasteiger partial charge in [0.2, 0.25) is 0 Å². The summed E-state index contributed by atoms with van der Waals surface area (Å²) in [5, 5.41) is 9.71. The zero-order valence-electron chi connectivity index (χ0n) is 10.1. The fraction of sp³-hybridized carbons (Fsp3) is 0.500. The summed E-state index contributed by atoms with van der Waals surface area (Å²) in [5.74, 6) is -0.549. The molecule has 0 amide bonds. The molecular formula is C12H15BrF3NO. The van der Waals surface area contributed by atoms with Crippen LogP contribution in [0.1, 0.15) is 37.4 Å². The minimum Gasteiger partial charge on any atom is -0.507 e. The van der Waals surface area contributed by atoms with Gasteiger partial charge in [0.1, 0.15) is 5.75 Å². The second kappa shape index (κ2) is 5.48. The number of hydrogen-bond acceptors (Lipinski definition) is 2. The first-order valence-electron chi connectivity index (χ1n) is 5.48. The molecule has 1 aromatic carbocycles. The SMILES string of the molecule is CC(C)C[C@H](N)c1cc(Br)cc(C(F)(F)F)c1O. The van der Waals surface area contributed by atoms with E-state index in [1.165, 1.54) is 6.07 Å². The molecule has 0 bridgehead atoms. The van der Waals surface area contributed by atoms with Gasteiger partial charge in [-0.15, -0.1) is 0 Å². The van der Waals surface area contributed by atoms with Crippen molar-refractivity contribution in [2.24, 2.45) is 11.7 Å². The Kier molecular flexibility index (Phi) is 4.66. The average Bonchev–Trinajstić information content (AvgIpc) is 2.18. The van der Waals surface area contributed by atoms with Crippen LogP contribution in [0.3, 0.4) is 0 Å². The maximum atomic E-state index is 12.7. The molecule has 0 heterocycles. The molecule has 0 aliphatic heterocycles. The van der Waals surface area contributed by atoms with Crippen LogP contribution >= 0.6 is 15.9 Å². The van der Waals surface area contributed by atoms with Gasteiger partial charge in [-0.2, -0.15) is 13.2 Å². The molecule has 1 aromatic rings. The number of aromatic hydroxyl groups is 1. The smallest absolute Gasteiger partial charge is 0.420 e. The van der Waals surface area contributed by atoms with E-state index in [0.717, 1.165) is 6.07 Å². The Labute approximate surface area is 112 Å². The first-order chi connectivity index (χ1) is 8.12. The van der Waals surface area contributed by atoms with Gasteiger partial charge < -0.3 is 10.8 Å². The van der Waals surface area contributed by atoms with Crippen LogP contribution in [0, 0.1) is 5.92 Å². The molecule has 0 aliphatic rings. The van der Waals surface area contributed by atoms with Gasteiger partial charge in [-0.05, 0) is 24.5 Å².